The first-order valence-electron chi connectivity index (χ1n) is 7.19. The Labute approximate surface area is 132 Å². The number of fused-ring (bicyclic) bond motifs is 1. The largest absolute Gasteiger partial charge is 0.271 e. The van der Waals surface area contributed by atoms with Crippen molar-refractivity contribution in [3.05, 3.63) is 69.4 Å². The van der Waals surface area contributed by atoms with Crippen LogP contribution in [0.2, 0.25) is 0 Å². The SMILES string of the molecule is NNC(c1cc(Br)ccc1F)C1CCCc2ccccc21. The average Bonchev–Trinajstić information content (AvgIpc) is 2.51. The van der Waals surface area contributed by atoms with Gasteiger partial charge in [0.25, 0.3) is 0 Å². The summed E-state index contributed by atoms with van der Waals surface area (Å²) in [6, 6.07) is 13.2. The Morgan fingerprint density at radius 3 is 2.86 bits per heavy atom. The standard InChI is InChI=1S/C17H18BrFN2/c18-12-8-9-16(19)15(10-12)17(21-20)14-7-3-5-11-4-1-2-6-13(11)14/h1-2,4,6,8-10,14,17,21H,3,5,7,20H2. The highest BCUT2D eigenvalue weighted by Crippen LogP contribution is 2.41. The van der Waals surface area contributed by atoms with Gasteiger partial charge in [-0.1, -0.05) is 40.2 Å². The zero-order chi connectivity index (χ0) is 14.8. The molecule has 0 heterocycles. The second-order valence-corrected chi connectivity index (χ2v) is 6.42. The maximum Gasteiger partial charge on any atom is 0.128 e. The molecule has 21 heavy (non-hydrogen) atoms. The van der Waals surface area contributed by atoms with Crippen molar-refractivity contribution >= 4 is 15.9 Å². The maximum absolute atomic E-state index is 14.2. The fourth-order valence-corrected chi connectivity index (χ4v) is 3.69. The molecule has 2 nitrogen and oxygen atoms in total. The van der Waals surface area contributed by atoms with E-state index < -0.39 is 0 Å². The molecule has 0 bridgehead atoms. The van der Waals surface area contributed by atoms with Crippen LogP contribution in [0.25, 0.3) is 0 Å². The lowest BCUT2D eigenvalue weighted by Gasteiger charge is -2.32. The summed E-state index contributed by atoms with van der Waals surface area (Å²) >= 11 is 3.41. The molecule has 0 spiro atoms. The van der Waals surface area contributed by atoms with Gasteiger partial charge in [0, 0.05) is 16.0 Å². The number of benzene rings is 2. The van der Waals surface area contributed by atoms with E-state index in [1.807, 2.05) is 12.1 Å². The number of nitrogens with one attached hydrogen (secondary N) is 1. The van der Waals surface area contributed by atoms with Gasteiger partial charge in [0.2, 0.25) is 0 Å². The van der Waals surface area contributed by atoms with Gasteiger partial charge in [-0.15, -0.1) is 0 Å². The molecule has 0 fully saturated rings. The predicted molar refractivity (Wildman–Crippen MR) is 86.3 cm³/mol. The molecule has 110 valence electrons. The van der Waals surface area contributed by atoms with Gasteiger partial charge in [-0.05, 0) is 48.6 Å². The summed E-state index contributed by atoms with van der Waals surface area (Å²) in [4.78, 5) is 0. The molecule has 1 aliphatic rings. The highest BCUT2D eigenvalue weighted by molar-refractivity contribution is 9.10. The summed E-state index contributed by atoms with van der Waals surface area (Å²) < 4.78 is 15.1. The van der Waals surface area contributed by atoms with Crippen molar-refractivity contribution in [3.8, 4) is 0 Å². The molecule has 3 N–H and O–H groups in total. The van der Waals surface area contributed by atoms with Crippen LogP contribution in [0.1, 0.15) is 41.5 Å². The summed E-state index contributed by atoms with van der Waals surface area (Å²) in [5.74, 6) is 5.76. The summed E-state index contributed by atoms with van der Waals surface area (Å²) in [5.41, 5.74) is 6.09. The van der Waals surface area contributed by atoms with Crippen LogP contribution >= 0.6 is 15.9 Å². The van der Waals surface area contributed by atoms with Crippen molar-refractivity contribution in [2.45, 2.75) is 31.2 Å². The Hall–Kier alpha value is -1.23. The minimum absolute atomic E-state index is 0.198. The van der Waals surface area contributed by atoms with Crippen LogP contribution in [0.15, 0.2) is 46.9 Å². The topological polar surface area (TPSA) is 38.0 Å². The van der Waals surface area contributed by atoms with E-state index in [-0.39, 0.29) is 17.8 Å². The first-order chi connectivity index (χ1) is 10.2. The number of nitrogens with two attached hydrogens (primary N) is 1. The Bertz CT molecular complexity index is 644. The predicted octanol–water partition coefficient (Wildman–Crippen LogP) is 4.21. The minimum Gasteiger partial charge on any atom is -0.271 e. The zero-order valence-corrected chi connectivity index (χ0v) is 13.2. The highest BCUT2D eigenvalue weighted by Gasteiger charge is 2.29. The number of hydrogen-bond acceptors (Lipinski definition) is 2. The van der Waals surface area contributed by atoms with E-state index in [9.17, 15) is 4.39 Å². The summed E-state index contributed by atoms with van der Waals surface area (Å²) in [7, 11) is 0. The minimum atomic E-state index is -0.219. The molecular weight excluding hydrogens is 331 g/mol. The highest BCUT2D eigenvalue weighted by atomic mass is 79.9. The molecule has 2 aromatic carbocycles. The van der Waals surface area contributed by atoms with Gasteiger partial charge < -0.3 is 0 Å². The van der Waals surface area contributed by atoms with Gasteiger partial charge in [0.15, 0.2) is 0 Å². The smallest absolute Gasteiger partial charge is 0.128 e. The average molecular weight is 349 g/mol. The molecular formula is C17H18BrFN2. The lowest BCUT2D eigenvalue weighted by Crippen LogP contribution is -2.34. The van der Waals surface area contributed by atoms with E-state index in [0.717, 1.165) is 23.7 Å². The van der Waals surface area contributed by atoms with Gasteiger partial charge in [0.1, 0.15) is 5.82 Å². The van der Waals surface area contributed by atoms with Crippen LogP contribution in [-0.2, 0) is 6.42 Å². The molecule has 2 atom stereocenters. The van der Waals surface area contributed by atoms with Gasteiger partial charge in [-0.25, -0.2) is 4.39 Å². The van der Waals surface area contributed by atoms with Crippen molar-refractivity contribution < 1.29 is 4.39 Å². The summed E-state index contributed by atoms with van der Waals surface area (Å²) in [6.07, 6.45) is 3.21. The van der Waals surface area contributed by atoms with Gasteiger partial charge in [-0.2, -0.15) is 0 Å². The van der Waals surface area contributed by atoms with E-state index >= 15 is 0 Å². The van der Waals surface area contributed by atoms with Gasteiger partial charge in [-0.3, -0.25) is 11.3 Å². The third-order valence-electron chi connectivity index (χ3n) is 4.29. The third-order valence-corrected chi connectivity index (χ3v) is 4.78. The molecule has 1 aliphatic carbocycles. The lowest BCUT2D eigenvalue weighted by atomic mass is 9.77. The van der Waals surface area contributed by atoms with Gasteiger partial charge in [0.05, 0.1) is 6.04 Å². The monoisotopic (exact) mass is 348 g/mol. The molecule has 0 saturated carbocycles. The number of hydrazine groups is 1. The molecule has 0 saturated heterocycles. The normalized spacial score (nSPS) is 19.1. The van der Waals surface area contributed by atoms with Crippen LogP contribution in [0.3, 0.4) is 0 Å². The van der Waals surface area contributed by atoms with E-state index in [4.69, 9.17) is 5.84 Å². The molecule has 2 unspecified atom stereocenters. The molecule has 0 amide bonds. The van der Waals surface area contributed by atoms with Crippen LogP contribution < -0.4 is 11.3 Å². The van der Waals surface area contributed by atoms with Crippen LogP contribution in [0, 0.1) is 5.82 Å². The number of aryl methyl sites for hydroxylation is 1. The lowest BCUT2D eigenvalue weighted by molar-refractivity contribution is 0.395. The third kappa shape index (κ3) is 2.89. The first kappa shape index (κ1) is 14.7. The maximum atomic E-state index is 14.2. The summed E-state index contributed by atoms with van der Waals surface area (Å²) in [5, 5.41) is 0. The number of hydrogen-bond donors (Lipinski definition) is 2. The zero-order valence-electron chi connectivity index (χ0n) is 11.7. The van der Waals surface area contributed by atoms with E-state index in [1.54, 1.807) is 6.07 Å². The fraction of sp³-hybridized carbons (Fsp3) is 0.294. The second-order valence-electron chi connectivity index (χ2n) is 5.51. The van der Waals surface area contributed by atoms with Crippen molar-refractivity contribution in [3.63, 3.8) is 0 Å². The molecule has 0 aliphatic heterocycles. The Kier molecular flexibility index (Phi) is 4.38. The molecule has 4 heteroatoms. The number of halogens is 2. The second kappa shape index (κ2) is 6.26. The Morgan fingerprint density at radius 2 is 2.05 bits per heavy atom. The Balaban J connectivity index is 2.03. The van der Waals surface area contributed by atoms with Crippen molar-refractivity contribution in [1.82, 2.24) is 5.43 Å². The van der Waals surface area contributed by atoms with Crippen LogP contribution in [0.4, 0.5) is 4.39 Å². The van der Waals surface area contributed by atoms with Crippen LogP contribution in [-0.4, -0.2) is 0 Å². The molecule has 3 rings (SSSR count). The Morgan fingerprint density at radius 1 is 1.24 bits per heavy atom. The molecule has 2 aromatic rings. The molecule has 0 aromatic heterocycles. The van der Waals surface area contributed by atoms with Crippen molar-refractivity contribution in [2.75, 3.05) is 0 Å². The van der Waals surface area contributed by atoms with E-state index in [0.29, 0.717) is 5.56 Å². The van der Waals surface area contributed by atoms with Crippen molar-refractivity contribution in [1.29, 1.82) is 0 Å². The van der Waals surface area contributed by atoms with Crippen molar-refractivity contribution in [2.24, 2.45) is 5.84 Å². The first-order valence-corrected chi connectivity index (χ1v) is 7.99. The molecule has 0 radical (unpaired) electrons. The quantitative estimate of drug-likeness (QED) is 0.643. The van der Waals surface area contributed by atoms with E-state index in [2.05, 4.69) is 39.6 Å². The fourth-order valence-electron chi connectivity index (χ4n) is 3.31. The van der Waals surface area contributed by atoms with Crippen LogP contribution in [0.5, 0.6) is 0 Å². The van der Waals surface area contributed by atoms with E-state index in [1.165, 1.54) is 17.2 Å². The summed E-state index contributed by atoms with van der Waals surface area (Å²) in [6.45, 7) is 0. The number of rotatable bonds is 3. The van der Waals surface area contributed by atoms with Gasteiger partial charge >= 0.3 is 0 Å².